The molecular formula is C6H4BrClF2N2O2S. The molecule has 1 aromatic heterocycles. The van der Waals surface area contributed by atoms with E-state index in [4.69, 9.17) is 16.7 Å². The summed E-state index contributed by atoms with van der Waals surface area (Å²) < 4.78 is 46.6. The molecule has 0 fully saturated rings. The molecule has 0 atom stereocenters. The lowest BCUT2D eigenvalue weighted by Crippen LogP contribution is -2.14. The van der Waals surface area contributed by atoms with Gasteiger partial charge in [-0.05, 0) is 15.9 Å². The molecule has 84 valence electrons. The summed E-state index contributed by atoms with van der Waals surface area (Å²) in [5, 5.41) is 4.15. The van der Waals surface area contributed by atoms with E-state index in [0.29, 0.717) is 0 Å². The third-order valence-electron chi connectivity index (χ3n) is 1.49. The molecule has 9 heteroatoms. The predicted octanol–water partition coefficient (Wildman–Crippen LogP) is 2.08. The molecule has 0 aliphatic rings. The van der Waals surface area contributed by atoms with Gasteiger partial charge >= 0.3 is 0 Å². The Kier molecular flexibility index (Phi) is 3.64. The van der Waals surface area contributed by atoms with Crippen LogP contribution in [0.3, 0.4) is 0 Å². The molecule has 0 bridgehead atoms. The van der Waals surface area contributed by atoms with Crippen LogP contribution in [0.4, 0.5) is 8.78 Å². The standard InChI is InChI=1S/C6H4BrClF2N2O2S/c7-5-3(6(9)10)4(8)2(1-12-5)15(11,13)14/h1,6H,(H2,11,13,14). The smallest absolute Gasteiger partial charge is 0.247 e. The fourth-order valence-electron chi connectivity index (χ4n) is 0.849. The summed E-state index contributed by atoms with van der Waals surface area (Å²) in [4.78, 5) is 2.80. The highest BCUT2D eigenvalue weighted by Gasteiger charge is 2.24. The van der Waals surface area contributed by atoms with Crippen LogP contribution < -0.4 is 5.14 Å². The number of hydrogen-bond donors (Lipinski definition) is 1. The van der Waals surface area contributed by atoms with E-state index in [1.54, 1.807) is 0 Å². The van der Waals surface area contributed by atoms with Gasteiger partial charge in [0.25, 0.3) is 6.43 Å². The zero-order chi connectivity index (χ0) is 11.8. The Hall–Kier alpha value is -0.310. The van der Waals surface area contributed by atoms with Gasteiger partial charge in [0.05, 0.1) is 10.6 Å². The number of rotatable bonds is 2. The van der Waals surface area contributed by atoms with Gasteiger partial charge in [0.1, 0.15) is 9.50 Å². The second kappa shape index (κ2) is 4.28. The summed E-state index contributed by atoms with van der Waals surface area (Å²) in [6.07, 6.45) is -2.13. The minimum absolute atomic E-state index is 0.213. The average Bonchev–Trinajstić information content (AvgIpc) is 2.00. The Morgan fingerprint density at radius 3 is 2.47 bits per heavy atom. The van der Waals surface area contributed by atoms with Crippen LogP contribution >= 0.6 is 27.5 Å². The van der Waals surface area contributed by atoms with Crippen molar-refractivity contribution in [1.29, 1.82) is 0 Å². The number of nitrogens with two attached hydrogens (primary N) is 1. The highest BCUT2D eigenvalue weighted by atomic mass is 79.9. The molecule has 1 aromatic rings. The van der Waals surface area contributed by atoms with Gasteiger partial charge in [-0.25, -0.2) is 27.3 Å². The van der Waals surface area contributed by atoms with Crippen molar-refractivity contribution in [2.45, 2.75) is 11.3 Å². The lowest BCUT2D eigenvalue weighted by Gasteiger charge is -2.08. The molecule has 1 rings (SSSR count). The number of halogens is 4. The molecule has 0 aliphatic carbocycles. The van der Waals surface area contributed by atoms with E-state index >= 15 is 0 Å². The van der Waals surface area contributed by atoms with E-state index in [1.807, 2.05) is 0 Å². The average molecular weight is 322 g/mol. The van der Waals surface area contributed by atoms with Crippen LogP contribution in [0.2, 0.25) is 5.02 Å². The third kappa shape index (κ3) is 2.63. The van der Waals surface area contributed by atoms with Crippen LogP contribution in [0.1, 0.15) is 12.0 Å². The maximum absolute atomic E-state index is 12.5. The Balaban J connectivity index is 3.56. The third-order valence-corrected chi connectivity index (χ3v) is 3.57. The molecule has 0 amide bonds. The van der Waals surface area contributed by atoms with Crippen LogP contribution in [0.15, 0.2) is 15.7 Å². The van der Waals surface area contributed by atoms with Crippen molar-refractivity contribution in [3.63, 3.8) is 0 Å². The van der Waals surface area contributed by atoms with Crippen LogP contribution in [-0.4, -0.2) is 13.4 Å². The zero-order valence-corrected chi connectivity index (χ0v) is 10.1. The Bertz CT molecular complexity index is 494. The quantitative estimate of drug-likeness (QED) is 0.848. The molecule has 4 nitrogen and oxygen atoms in total. The van der Waals surface area contributed by atoms with Crippen LogP contribution in [0, 0.1) is 0 Å². The van der Waals surface area contributed by atoms with Gasteiger partial charge in [-0.2, -0.15) is 0 Å². The summed E-state index contributed by atoms with van der Waals surface area (Å²) in [6.45, 7) is 0. The molecule has 0 saturated carbocycles. The van der Waals surface area contributed by atoms with Crippen LogP contribution in [0.25, 0.3) is 0 Å². The molecule has 1 heterocycles. The van der Waals surface area contributed by atoms with E-state index in [9.17, 15) is 17.2 Å². The minimum Gasteiger partial charge on any atom is -0.247 e. The summed E-state index contributed by atoms with van der Waals surface area (Å²) >= 11 is 8.22. The highest BCUT2D eigenvalue weighted by molar-refractivity contribution is 9.10. The van der Waals surface area contributed by atoms with Crippen molar-refractivity contribution in [2.75, 3.05) is 0 Å². The van der Waals surface area contributed by atoms with E-state index in [0.717, 1.165) is 6.20 Å². The molecule has 0 saturated heterocycles. The number of alkyl halides is 2. The van der Waals surface area contributed by atoms with Gasteiger partial charge in [0.2, 0.25) is 10.0 Å². The van der Waals surface area contributed by atoms with E-state index < -0.39 is 31.9 Å². The minimum atomic E-state index is -4.15. The lowest BCUT2D eigenvalue weighted by atomic mass is 10.3. The molecule has 0 spiro atoms. The summed E-state index contributed by atoms with van der Waals surface area (Å²) in [5.41, 5.74) is -0.691. The van der Waals surface area contributed by atoms with E-state index in [1.165, 1.54) is 0 Å². The molecule has 0 aromatic carbocycles. The number of hydrogen-bond acceptors (Lipinski definition) is 3. The van der Waals surface area contributed by atoms with Crippen molar-refractivity contribution in [1.82, 2.24) is 4.98 Å². The molecular weight excluding hydrogens is 317 g/mol. The first kappa shape index (κ1) is 12.8. The van der Waals surface area contributed by atoms with Crippen LogP contribution in [0.5, 0.6) is 0 Å². The van der Waals surface area contributed by atoms with Crippen LogP contribution in [-0.2, 0) is 10.0 Å². The van der Waals surface area contributed by atoms with Crippen molar-refractivity contribution >= 4 is 37.6 Å². The molecule has 0 radical (unpaired) electrons. The van der Waals surface area contributed by atoms with Gasteiger partial charge < -0.3 is 0 Å². The fourth-order valence-corrected chi connectivity index (χ4v) is 2.54. The number of sulfonamides is 1. The van der Waals surface area contributed by atoms with Gasteiger partial charge in [-0.15, -0.1) is 0 Å². The molecule has 0 aliphatic heterocycles. The maximum Gasteiger partial charge on any atom is 0.267 e. The maximum atomic E-state index is 12.5. The zero-order valence-electron chi connectivity index (χ0n) is 6.92. The first-order chi connectivity index (χ1) is 6.75. The van der Waals surface area contributed by atoms with Crippen molar-refractivity contribution < 1.29 is 17.2 Å². The van der Waals surface area contributed by atoms with Gasteiger partial charge in [-0.1, -0.05) is 11.6 Å². The van der Waals surface area contributed by atoms with E-state index in [-0.39, 0.29) is 4.60 Å². The largest absolute Gasteiger partial charge is 0.267 e. The topological polar surface area (TPSA) is 73.1 Å². The number of pyridine rings is 1. The Morgan fingerprint density at radius 1 is 1.53 bits per heavy atom. The van der Waals surface area contributed by atoms with Crippen molar-refractivity contribution in [2.24, 2.45) is 5.14 Å². The number of aromatic nitrogens is 1. The molecule has 0 unspecified atom stereocenters. The predicted molar refractivity (Wildman–Crippen MR) is 53.3 cm³/mol. The van der Waals surface area contributed by atoms with Gasteiger partial charge in [0.15, 0.2) is 0 Å². The van der Waals surface area contributed by atoms with Crippen molar-refractivity contribution in [3.05, 3.63) is 21.4 Å². The molecule has 2 N–H and O–H groups in total. The first-order valence-electron chi connectivity index (χ1n) is 3.40. The van der Waals surface area contributed by atoms with Crippen molar-refractivity contribution in [3.8, 4) is 0 Å². The summed E-state index contributed by atoms with van der Waals surface area (Å²) in [5.74, 6) is 0. The van der Waals surface area contributed by atoms with Gasteiger partial charge in [0, 0.05) is 6.20 Å². The summed E-state index contributed by atoms with van der Waals surface area (Å²) in [6, 6.07) is 0. The molecule has 15 heavy (non-hydrogen) atoms. The monoisotopic (exact) mass is 320 g/mol. The number of primary sulfonamides is 1. The second-order valence-corrected chi connectivity index (χ2v) is 5.15. The second-order valence-electron chi connectivity index (χ2n) is 2.49. The normalized spacial score (nSPS) is 12.1. The van der Waals surface area contributed by atoms with E-state index in [2.05, 4.69) is 20.9 Å². The highest BCUT2D eigenvalue weighted by Crippen LogP contribution is 2.35. The van der Waals surface area contributed by atoms with Gasteiger partial charge in [-0.3, -0.25) is 0 Å². The summed E-state index contributed by atoms with van der Waals surface area (Å²) in [7, 11) is -4.15. The fraction of sp³-hybridized carbons (Fsp3) is 0.167. The number of nitrogens with zero attached hydrogens (tertiary/aromatic N) is 1. The SMILES string of the molecule is NS(=O)(=O)c1cnc(Br)c(C(F)F)c1Cl. The Labute approximate surface area is 97.6 Å². The first-order valence-corrected chi connectivity index (χ1v) is 6.11. The lowest BCUT2D eigenvalue weighted by molar-refractivity contribution is 0.150. The Morgan fingerprint density at radius 2 is 2.07 bits per heavy atom.